The molecule has 0 aliphatic rings. The average molecular weight is 268 g/mol. The molecule has 4 heteroatoms. The third kappa shape index (κ3) is 1.77. The molecule has 1 aromatic carbocycles. The maximum atomic E-state index is 9.74. The quantitative estimate of drug-likeness (QED) is 0.864. The van der Waals surface area contributed by atoms with Crippen molar-refractivity contribution in [2.45, 2.75) is 6.92 Å². The summed E-state index contributed by atoms with van der Waals surface area (Å²) in [4.78, 5) is 4.33. The molecule has 0 aliphatic carbocycles. The van der Waals surface area contributed by atoms with Gasteiger partial charge in [0.05, 0.1) is 17.1 Å². The van der Waals surface area contributed by atoms with Crippen LogP contribution in [0.4, 0.5) is 0 Å². The second kappa shape index (κ2) is 3.70. The standard InChI is InChI=1S/C11H10BrNO2/c1-6-3-10(14)7-4-8(12)11(15-2)5-9(7)13-6/h3-5H,1-2H3,(H,13,14). The van der Waals surface area contributed by atoms with Crippen molar-refractivity contribution in [3.05, 3.63) is 28.4 Å². The molecule has 0 unspecified atom stereocenters. The summed E-state index contributed by atoms with van der Waals surface area (Å²) in [6, 6.07) is 5.24. The van der Waals surface area contributed by atoms with E-state index < -0.39 is 0 Å². The van der Waals surface area contributed by atoms with E-state index in [1.807, 2.05) is 6.92 Å². The summed E-state index contributed by atoms with van der Waals surface area (Å²) in [6.45, 7) is 1.84. The number of hydrogen-bond acceptors (Lipinski definition) is 3. The molecule has 2 aromatic rings. The van der Waals surface area contributed by atoms with E-state index in [2.05, 4.69) is 20.9 Å². The predicted molar refractivity (Wildman–Crippen MR) is 62.4 cm³/mol. The highest BCUT2D eigenvalue weighted by atomic mass is 79.9. The monoisotopic (exact) mass is 267 g/mol. The molecule has 1 heterocycles. The van der Waals surface area contributed by atoms with Crippen LogP contribution >= 0.6 is 15.9 Å². The Morgan fingerprint density at radius 2 is 2.07 bits per heavy atom. The maximum Gasteiger partial charge on any atom is 0.135 e. The van der Waals surface area contributed by atoms with Crippen molar-refractivity contribution in [3.8, 4) is 11.5 Å². The lowest BCUT2D eigenvalue weighted by atomic mass is 10.2. The fourth-order valence-electron chi connectivity index (χ4n) is 1.49. The third-order valence-electron chi connectivity index (χ3n) is 2.19. The summed E-state index contributed by atoms with van der Waals surface area (Å²) in [5, 5.41) is 10.5. The number of aromatic hydroxyl groups is 1. The first-order valence-corrected chi connectivity index (χ1v) is 5.25. The SMILES string of the molecule is COc1cc2nc(C)cc(O)c2cc1Br. The van der Waals surface area contributed by atoms with Crippen molar-refractivity contribution in [3.63, 3.8) is 0 Å². The zero-order valence-corrected chi connectivity index (χ0v) is 10.00. The molecule has 0 saturated heterocycles. The van der Waals surface area contributed by atoms with Crippen molar-refractivity contribution < 1.29 is 9.84 Å². The number of fused-ring (bicyclic) bond motifs is 1. The number of halogens is 1. The van der Waals surface area contributed by atoms with Crippen LogP contribution in [-0.4, -0.2) is 17.2 Å². The Bertz CT molecular complexity index is 525. The van der Waals surface area contributed by atoms with Crippen LogP contribution in [0, 0.1) is 6.92 Å². The number of aryl methyl sites for hydroxylation is 1. The lowest BCUT2D eigenvalue weighted by Crippen LogP contribution is -1.88. The van der Waals surface area contributed by atoms with Gasteiger partial charge in [-0.2, -0.15) is 0 Å². The van der Waals surface area contributed by atoms with E-state index in [-0.39, 0.29) is 5.75 Å². The number of ether oxygens (including phenoxy) is 1. The van der Waals surface area contributed by atoms with Gasteiger partial charge in [0.1, 0.15) is 11.5 Å². The third-order valence-corrected chi connectivity index (χ3v) is 2.81. The van der Waals surface area contributed by atoms with Crippen LogP contribution in [0.3, 0.4) is 0 Å². The molecule has 0 spiro atoms. The van der Waals surface area contributed by atoms with Gasteiger partial charge in [0.25, 0.3) is 0 Å². The molecule has 1 aromatic heterocycles. The van der Waals surface area contributed by atoms with Crippen LogP contribution in [0.5, 0.6) is 11.5 Å². The van der Waals surface area contributed by atoms with Crippen LogP contribution in [-0.2, 0) is 0 Å². The van der Waals surface area contributed by atoms with E-state index >= 15 is 0 Å². The maximum absolute atomic E-state index is 9.74. The topological polar surface area (TPSA) is 42.4 Å². The molecule has 1 N–H and O–H groups in total. The first kappa shape index (κ1) is 10.2. The Morgan fingerprint density at radius 1 is 1.33 bits per heavy atom. The van der Waals surface area contributed by atoms with E-state index in [0.717, 1.165) is 15.7 Å². The molecule has 0 aliphatic heterocycles. The van der Waals surface area contributed by atoms with Gasteiger partial charge in [-0.25, -0.2) is 0 Å². The first-order chi connectivity index (χ1) is 7.11. The summed E-state index contributed by atoms with van der Waals surface area (Å²) in [5.41, 5.74) is 1.51. The van der Waals surface area contributed by atoms with E-state index in [0.29, 0.717) is 11.1 Å². The second-order valence-corrected chi connectivity index (χ2v) is 4.14. The molecule has 0 bridgehead atoms. The highest BCUT2D eigenvalue weighted by molar-refractivity contribution is 9.10. The summed E-state index contributed by atoms with van der Waals surface area (Å²) in [7, 11) is 1.60. The van der Waals surface area contributed by atoms with E-state index in [4.69, 9.17) is 4.74 Å². The van der Waals surface area contributed by atoms with Crippen LogP contribution in [0.2, 0.25) is 0 Å². The molecule has 0 fully saturated rings. The number of aromatic nitrogens is 1. The van der Waals surface area contributed by atoms with Gasteiger partial charge in [-0.15, -0.1) is 0 Å². The van der Waals surface area contributed by atoms with E-state index in [9.17, 15) is 5.11 Å². The minimum absolute atomic E-state index is 0.237. The second-order valence-electron chi connectivity index (χ2n) is 3.29. The highest BCUT2D eigenvalue weighted by Crippen LogP contribution is 2.33. The number of nitrogens with zero attached hydrogens (tertiary/aromatic N) is 1. The number of pyridine rings is 1. The summed E-state index contributed by atoms with van der Waals surface area (Å²) in [5.74, 6) is 0.945. The van der Waals surface area contributed by atoms with Crippen molar-refractivity contribution in [2.75, 3.05) is 7.11 Å². The van der Waals surface area contributed by atoms with Gasteiger partial charge in [-0.05, 0) is 28.9 Å². The molecule has 3 nitrogen and oxygen atoms in total. The van der Waals surface area contributed by atoms with E-state index in [1.165, 1.54) is 0 Å². The van der Waals surface area contributed by atoms with Gasteiger partial charge >= 0.3 is 0 Å². The minimum Gasteiger partial charge on any atom is -0.507 e. The Labute approximate surface area is 95.8 Å². The molecule has 0 atom stereocenters. The molecule has 0 saturated carbocycles. The minimum atomic E-state index is 0.237. The Hall–Kier alpha value is -1.29. The first-order valence-electron chi connectivity index (χ1n) is 4.45. The lowest BCUT2D eigenvalue weighted by molar-refractivity contribution is 0.412. The van der Waals surface area contributed by atoms with Crippen molar-refractivity contribution in [1.29, 1.82) is 0 Å². The van der Waals surface area contributed by atoms with Crippen LogP contribution in [0.1, 0.15) is 5.69 Å². The fourth-order valence-corrected chi connectivity index (χ4v) is 2.00. The summed E-state index contributed by atoms with van der Waals surface area (Å²) < 4.78 is 5.97. The largest absolute Gasteiger partial charge is 0.507 e. The van der Waals surface area contributed by atoms with Gasteiger partial charge in [-0.3, -0.25) is 4.98 Å². The molecule has 15 heavy (non-hydrogen) atoms. The van der Waals surface area contributed by atoms with Gasteiger partial charge in [-0.1, -0.05) is 0 Å². The number of methoxy groups -OCH3 is 1. The van der Waals surface area contributed by atoms with Gasteiger partial charge in [0.15, 0.2) is 0 Å². The number of rotatable bonds is 1. The molecular weight excluding hydrogens is 258 g/mol. The molecule has 78 valence electrons. The Morgan fingerprint density at radius 3 is 2.73 bits per heavy atom. The van der Waals surface area contributed by atoms with Crippen molar-refractivity contribution in [1.82, 2.24) is 4.98 Å². The zero-order chi connectivity index (χ0) is 11.0. The van der Waals surface area contributed by atoms with Crippen LogP contribution < -0.4 is 4.74 Å². The van der Waals surface area contributed by atoms with Gasteiger partial charge in [0, 0.05) is 23.2 Å². The van der Waals surface area contributed by atoms with Crippen LogP contribution in [0.15, 0.2) is 22.7 Å². The summed E-state index contributed by atoms with van der Waals surface area (Å²) >= 11 is 3.37. The Balaban J connectivity index is 2.81. The summed E-state index contributed by atoms with van der Waals surface area (Å²) in [6.07, 6.45) is 0. The lowest BCUT2D eigenvalue weighted by Gasteiger charge is -2.07. The van der Waals surface area contributed by atoms with E-state index in [1.54, 1.807) is 25.3 Å². The van der Waals surface area contributed by atoms with Gasteiger partial charge < -0.3 is 9.84 Å². The Kier molecular flexibility index (Phi) is 2.52. The smallest absolute Gasteiger partial charge is 0.135 e. The number of hydrogen-bond donors (Lipinski definition) is 1. The van der Waals surface area contributed by atoms with Crippen molar-refractivity contribution >= 4 is 26.8 Å². The van der Waals surface area contributed by atoms with Crippen LogP contribution in [0.25, 0.3) is 10.9 Å². The number of benzene rings is 1. The van der Waals surface area contributed by atoms with Crippen molar-refractivity contribution in [2.24, 2.45) is 0 Å². The molecule has 0 radical (unpaired) electrons. The molecule has 0 amide bonds. The average Bonchev–Trinajstić information content (AvgIpc) is 2.18. The predicted octanol–water partition coefficient (Wildman–Crippen LogP) is 3.02. The van der Waals surface area contributed by atoms with Gasteiger partial charge in [0.2, 0.25) is 0 Å². The normalized spacial score (nSPS) is 10.6. The molecular formula is C11H10BrNO2. The zero-order valence-electron chi connectivity index (χ0n) is 8.41. The fraction of sp³-hybridized carbons (Fsp3) is 0.182. The molecule has 2 rings (SSSR count). The highest BCUT2D eigenvalue weighted by Gasteiger charge is 2.07.